The maximum absolute atomic E-state index is 12.7. The summed E-state index contributed by atoms with van der Waals surface area (Å²) < 4.78 is 26.6. The van der Waals surface area contributed by atoms with Crippen LogP contribution in [0.4, 0.5) is 0 Å². The maximum atomic E-state index is 12.7. The van der Waals surface area contributed by atoms with Gasteiger partial charge in [0.1, 0.15) is 5.75 Å². The van der Waals surface area contributed by atoms with Gasteiger partial charge in [0.2, 0.25) is 10.0 Å². The third-order valence-corrected chi connectivity index (χ3v) is 6.26. The van der Waals surface area contributed by atoms with Gasteiger partial charge in [-0.1, -0.05) is 31.2 Å². The highest BCUT2D eigenvalue weighted by atomic mass is 32.2. The molecular weight excluding hydrogens is 328 g/mol. The first kappa shape index (κ1) is 16.7. The fraction of sp³-hybridized carbons (Fsp3) is 0.353. The van der Waals surface area contributed by atoms with Crippen molar-refractivity contribution in [1.29, 1.82) is 0 Å². The predicted molar refractivity (Wildman–Crippen MR) is 92.5 cm³/mol. The number of hydrogen-bond acceptors (Lipinski definition) is 4. The average Bonchev–Trinajstić information content (AvgIpc) is 3.04. The van der Waals surface area contributed by atoms with Gasteiger partial charge in [0.05, 0.1) is 10.8 Å². The molecule has 3 rings (SSSR count). The molecule has 0 bridgehead atoms. The van der Waals surface area contributed by atoms with Crippen LogP contribution in [0.1, 0.15) is 23.7 Å². The topological polar surface area (TPSA) is 86.7 Å². The van der Waals surface area contributed by atoms with E-state index in [9.17, 15) is 18.3 Å². The smallest absolute Gasteiger partial charge is 0.257 e. The molecule has 0 unspecified atom stereocenters. The van der Waals surface area contributed by atoms with Gasteiger partial charge < -0.3 is 10.0 Å². The number of fused-ring (bicyclic) bond motifs is 1. The molecule has 0 spiro atoms. The van der Waals surface area contributed by atoms with Gasteiger partial charge in [-0.15, -0.1) is 0 Å². The second-order valence-electron chi connectivity index (χ2n) is 5.92. The molecule has 1 atom stereocenters. The SMILES string of the molecule is CCNS(=O)(=O)[C@@H]1CCN(C(=O)c2cc3ccccc3cc2O)C1. The summed E-state index contributed by atoms with van der Waals surface area (Å²) in [5.41, 5.74) is 0.204. The lowest BCUT2D eigenvalue weighted by Gasteiger charge is -2.18. The molecule has 2 aromatic rings. The lowest BCUT2D eigenvalue weighted by Crippen LogP contribution is -2.37. The Kier molecular flexibility index (Phi) is 4.47. The summed E-state index contributed by atoms with van der Waals surface area (Å²) in [6.45, 7) is 2.56. The minimum Gasteiger partial charge on any atom is -0.507 e. The number of nitrogens with zero attached hydrogens (tertiary/aromatic N) is 1. The van der Waals surface area contributed by atoms with Crippen molar-refractivity contribution in [1.82, 2.24) is 9.62 Å². The molecule has 0 radical (unpaired) electrons. The van der Waals surface area contributed by atoms with Crippen molar-refractivity contribution in [2.24, 2.45) is 0 Å². The lowest BCUT2D eigenvalue weighted by atomic mass is 10.1. The van der Waals surface area contributed by atoms with Crippen LogP contribution in [0.15, 0.2) is 36.4 Å². The van der Waals surface area contributed by atoms with Crippen molar-refractivity contribution < 1.29 is 18.3 Å². The van der Waals surface area contributed by atoms with Gasteiger partial charge in [0.15, 0.2) is 0 Å². The Morgan fingerprint density at radius 3 is 2.62 bits per heavy atom. The fourth-order valence-electron chi connectivity index (χ4n) is 3.05. The van der Waals surface area contributed by atoms with Crippen molar-refractivity contribution in [3.05, 3.63) is 42.0 Å². The Balaban J connectivity index is 1.84. The monoisotopic (exact) mass is 348 g/mol. The molecule has 0 aromatic heterocycles. The molecule has 2 aromatic carbocycles. The summed E-state index contributed by atoms with van der Waals surface area (Å²) in [5.74, 6) is -0.427. The van der Waals surface area contributed by atoms with Crippen molar-refractivity contribution in [2.45, 2.75) is 18.6 Å². The van der Waals surface area contributed by atoms with Gasteiger partial charge in [-0.3, -0.25) is 4.79 Å². The Bertz CT molecular complexity index is 879. The van der Waals surface area contributed by atoms with Crippen molar-refractivity contribution in [3.63, 3.8) is 0 Å². The molecular formula is C17H20N2O4S. The number of rotatable bonds is 4. The Morgan fingerprint density at radius 2 is 1.96 bits per heavy atom. The number of nitrogens with one attached hydrogen (secondary N) is 1. The van der Waals surface area contributed by atoms with E-state index in [-0.39, 0.29) is 23.8 Å². The fourth-order valence-corrected chi connectivity index (χ4v) is 4.48. The zero-order chi connectivity index (χ0) is 17.3. The normalized spacial score (nSPS) is 18.2. The van der Waals surface area contributed by atoms with Gasteiger partial charge in [0, 0.05) is 19.6 Å². The van der Waals surface area contributed by atoms with Crippen molar-refractivity contribution in [3.8, 4) is 5.75 Å². The second-order valence-corrected chi connectivity index (χ2v) is 7.97. The second kappa shape index (κ2) is 6.41. The minimum absolute atomic E-state index is 0.0864. The maximum Gasteiger partial charge on any atom is 0.257 e. The van der Waals surface area contributed by atoms with Gasteiger partial charge in [0.25, 0.3) is 5.91 Å². The minimum atomic E-state index is -3.41. The van der Waals surface area contributed by atoms with Crippen molar-refractivity contribution >= 4 is 26.7 Å². The number of phenols is 1. The zero-order valence-electron chi connectivity index (χ0n) is 13.4. The number of benzene rings is 2. The summed E-state index contributed by atoms with van der Waals surface area (Å²) >= 11 is 0. The highest BCUT2D eigenvalue weighted by Crippen LogP contribution is 2.28. The number of likely N-dealkylation sites (tertiary alicyclic amines) is 1. The third-order valence-electron chi connectivity index (χ3n) is 4.31. The van der Waals surface area contributed by atoms with Crippen LogP contribution in [0.25, 0.3) is 10.8 Å². The Labute approximate surface area is 141 Å². The highest BCUT2D eigenvalue weighted by molar-refractivity contribution is 7.90. The molecule has 0 aliphatic carbocycles. The van der Waals surface area contributed by atoms with Crippen molar-refractivity contribution in [2.75, 3.05) is 19.6 Å². The highest BCUT2D eigenvalue weighted by Gasteiger charge is 2.35. The molecule has 0 saturated carbocycles. The van der Waals surface area contributed by atoms with Crippen LogP contribution in [0, 0.1) is 0 Å². The predicted octanol–water partition coefficient (Wildman–Crippen LogP) is 1.70. The van der Waals surface area contributed by atoms with E-state index in [2.05, 4.69) is 4.72 Å². The van der Waals surface area contributed by atoms with E-state index in [1.807, 2.05) is 24.3 Å². The number of phenolic OH excluding ortho intramolecular Hbond substituents is 1. The van der Waals surface area contributed by atoms with E-state index in [0.717, 1.165) is 10.8 Å². The number of hydrogen-bond donors (Lipinski definition) is 2. The molecule has 1 aliphatic heterocycles. The number of aromatic hydroxyl groups is 1. The van der Waals surface area contributed by atoms with E-state index in [0.29, 0.717) is 19.5 Å². The first-order chi connectivity index (χ1) is 11.4. The van der Waals surface area contributed by atoms with Crippen LogP contribution in [0.5, 0.6) is 5.75 Å². The first-order valence-corrected chi connectivity index (χ1v) is 9.46. The van der Waals surface area contributed by atoms with E-state index in [1.54, 1.807) is 19.1 Å². The molecule has 7 heteroatoms. The van der Waals surface area contributed by atoms with Crippen LogP contribution < -0.4 is 4.72 Å². The van der Waals surface area contributed by atoms with Crippen LogP contribution in [0.2, 0.25) is 0 Å². The Hall–Kier alpha value is -2.12. The quantitative estimate of drug-likeness (QED) is 0.880. The largest absolute Gasteiger partial charge is 0.507 e. The van der Waals surface area contributed by atoms with Crippen LogP contribution in [-0.4, -0.2) is 49.2 Å². The third kappa shape index (κ3) is 3.09. The summed E-state index contributed by atoms with van der Waals surface area (Å²) in [7, 11) is -3.41. The molecule has 1 saturated heterocycles. The number of sulfonamides is 1. The summed E-state index contributed by atoms with van der Waals surface area (Å²) in [6, 6.07) is 10.7. The molecule has 1 fully saturated rings. The number of carbonyl (C=O) groups excluding carboxylic acids is 1. The molecule has 1 heterocycles. The number of amides is 1. The molecule has 6 nitrogen and oxygen atoms in total. The summed E-state index contributed by atoms with van der Waals surface area (Å²) in [5, 5.41) is 11.3. The van der Waals surface area contributed by atoms with Gasteiger partial charge in [-0.25, -0.2) is 13.1 Å². The van der Waals surface area contributed by atoms with E-state index < -0.39 is 15.3 Å². The van der Waals surface area contributed by atoms with E-state index in [1.165, 1.54) is 4.90 Å². The molecule has 24 heavy (non-hydrogen) atoms. The van der Waals surface area contributed by atoms with E-state index >= 15 is 0 Å². The number of carbonyl (C=O) groups is 1. The molecule has 1 aliphatic rings. The van der Waals surface area contributed by atoms with Crippen LogP contribution in [-0.2, 0) is 10.0 Å². The molecule has 1 amide bonds. The van der Waals surface area contributed by atoms with Crippen LogP contribution >= 0.6 is 0 Å². The first-order valence-electron chi connectivity index (χ1n) is 7.92. The van der Waals surface area contributed by atoms with Gasteiger partial charge >= 0.3 is 0 Å². The lowest BCUT2D eigenvalue weighted by molar-refractivity contribution is 0.0790. The standard InChI is InChI=1S/C17H20N2O4S/c1-2-18-24(22,23)14-7-8-19(11-14)17(21)15-9-12-5-3-4-6-13(12)10-16(15)20/h3-6,9-10,14,18,20H,2,7-8,11H2,1H3/t14-/m1/s1. The molecule has 2 N–H and O–H groups in total. The molecule has 128 valence electrons. The average molecular weight is 348 g/mol. The summed E-state index contributed by atoms with van der Waals surface area (Å²) in [4.78, 5) is 14.2. The Morgan fingerprint density at radius 1 is 1.29 bits per heavy atom. The van der Waals surface area contributed by atoms with Crippen LogP contribution in [0.3, 0.4) is 0 Å². The summed E-state index contributed by atoms with van der Waals surface area (Å²) in [6.07, 6.45) is 0.398. The van der Waals surface area contributed by atoms with Gasteiger partial charge in [-0.2, -0.15) is 0 Å². The van der Waals surface area contributed by atoms with Gasteiger partial charge in [-0.05, 0) is 29.3 Å². The zero-order valence-corrected chi connectivity index (χ0v) is 14.2. The van der Waals surface area contributed by atoms with E-state index in [4.69, 9.17) is 0 Å².